The van der Waals surface area contributed by atoms with E-state index in [1.54, 1.807) is 6.92 Å². The smallest absolute Gasteiger partial charge is 0.303 e. The van der Waals surface area contributed by atoms with Gasteiger partial charge in [0.05, 0.1) is 12.2 Å². The second-order valence-electron chi connectivity index (χ2n) is 5.17. The molecule has 1 heterocycles. The highest BCUT2D eigenvalue weighted by molar-refractivity contribution is 5.93. The number of nitrogens with one attached hydrogen (secondary N) is 1. The van der Waals surface area contributed by atoms with Crippen LogP contribution in [0.15, 0.2) is 18.2 Å². The van der Waals surface area contributed by atoms with Crippen LogP contribution in [0.1, 0.15) is 34.6 Å². The third-order valence-corrected chi connectivity index (χ3v) is 3.39. The molecule has 0 saturated heterocycles. The van der Waals surface area contributed by atoms with Crippen molar-refractivity contribution in [2.45, 2.75) is 26.3 Å². The molecule has 2 N–H and O–H groups in total. The Morgan fingerprint density at radius 1 is 1.33 bits per heavy atom. The van der Waals surface area contributed by atoms with E-state index in [1.807, 2.05) is 0 Å². The molecule has 0 unspecified atom stereocenters. The normalized spacial score (nSPS) is 10.6. The van der Waals surface area contributed by atoms with Crippen LogP contribution in [0, 0.1) is 18.6 Å². The molecule has 0 fully saturated rings. The largest absolute Gasteiger partial charge is 0.481 e. The number of aromatic nitrogens is 3. The van der Waals surface area contributed by atoms with Gasteiger partial charge >= 0.3 is 5.97 Å². The van der Waals surface area contributed by atoms with E-state index in [0.717, 1.165) is 12.1 Å². The summed E-state index contributed by atoms with van der Waals surface area (Å²) >= 11 is 0. The first kappa shape index (κ1) is 17.5. The molecule has 0 aliphatic heterocycles. The van der Waals surface area contributed by atoms with Crippen LogP contribution < -0.4 is 5.32 Å². The maximum Gasteiger partial charge on any atom is 0.303 e. The standard InChI is InChI=1S/C15H16F2N4O3/c1-9-14(15(24)18-6-2-3-13(22)23)19-20-21(9)8-10-4-5-11(16)7-12(10)17/h4-5,7H,2-3,6,8H2,1H3,(H,18,24)(H,22,23). The van der Waals surface area contributed by atoms with Crippen molar-refractivity contribution in [2.75, 3.05) is 6.54 Å². The first-order valence-corrected chi connectivity index (χ1v) is 7.22. The van der Waals surface area contributed by atoms with Crippen molar-refractivity contribution < 1.29 is 23.5 Å². The lowest BCUT2D eigenvalue weighted by Crippen LogP contribution is -2.26. The number of carbonyl (C=O) groups is 2. The van der Waals surface area contributed by atoms with E-state index in [4.69, 9.17) is 5.11 Å². The number of carbonyl (C=O) groups excluding carboxylic acids is 1. The highest BCUT2D eigenvalue weighted by atomic mass is 19.1. The summed E-state index contributed by atoms with van der Waals surface area (Å²) in [6, 6.07) is 3.22. The molecule has 24 heavy (non-hydrogen) atoms. The Labute approximate surface area is 136 Å². The van der Waals surface area contributed by atoms with Gasteiger partial charge in [-0.2, -0.15) is 0 Å². The van der Waals surface area contributed by atoms with Gasteiger partial charge in [-0.05, 0) is 19.4 Å². The molecule has 128 valence electrons. The maximum atomic E-state index is 13.7. The molecule has 0 spiro atoms. The predicted molar refractivity (Wildman–Crippen MR) is 79.4 cm³/mol. The van der Waals surface area contributed by atoms with Crippen LogP contribution >= 0.6 is 0 Å². The Morgan fingerprint density at radius 2 is 2.08 bits per heavy atom. The zero-order valence-corrected chi connectivity index (χ0v) is 12.9. The molecule has 0 bridgehead atoms. The summed E-state index contributed by atoms with van der Waals surface area (Å²) in [5, 5.41) is 18.6. The number of nitrogens with zero attached hydrogens (tertiary/aromatic N) is 3. The van der Waals surface area contributed by atoms with Crippen LogP contribution in [0.4, 0.5) is 8.78 Å². The first-order chi connectivity index (χ1) is 11.4. The number of hydrogen-bond donors (Lipinski definition) is 2. The fourth-order valence-electron chi connectivity index (χ4n) is 2.06. The summed E-state index contributed by atoms with van der Waals surface area (Å²) in [6.45, 7) is 1.81. The van der Waals surface area contributed by atoms with Crippen molar-refractivity contribution in [1.29, 1.82) is 0 Å². The van der Waals surface area contributed by atoms with Gasteiger partial charge in [0.15, 0.2) is 5.69 Å². The van der Waals surface area contributed by atoms with E-state index < -0.39 is 23.5 Å². The van der Waals surface area contributed by atoms with Gasteiger partial charge in [-0.3, -0.25) is 9.59 Å². The number of carboxylic acids is 1. The molecule has 0 radical (unpaired) electrons. The van der Waals surface area contributed by atoms with Gasteiger partial charge in [0.25, 0.3) is 5.91 Å². The molecule has 0 aliphatic rings. The molecule has 1 amide bonds. The zero-order valence-electron chi connectivity index (χ0n) is 12.9. The summed E-state index contributed by atoms with van der Waals surface area (Å²) < 4.78 is 27.9. The van der Waals surface area contributed by atoms with Crippen molar-refractivity contribution in [3.05, 3.63) is 46.8 Å². The number of rotatable bonds is 7. The minimum Gasteiger partial charge on any atom is -0.481 e. The van der Waals surface area contributed by atoms with Crippen LogP contribution in [0.3, 0.4) is 0 Å². The Morgan fingerprint density at radius 3 is 2.75 bits per heavy atom. The fourth-order valence-corrected chi connectivity index (χ4v) is 2.06. The topological polar surface area (TPSA) is 97.1 Å². The molecular formula is C15H16F2N4O3. The maximum absolute atomic E-state index is 13.7. The van der Waals surface area contributed by atoms with Gasteiger partial charge in [-0.1, -0.05) is 11.3 Å². The SMILES string of the molecule is Cc1c(C(=O)NCCCC(=O)O)nnn1Cc1ccc(F)cc1F. The van der Waals surface area contributed by atoms with Crippen LogP contribution in [-0.2, 0) is 11.3 Å². The molecule has 0 atom stereocenters. The predicted octanol–water partition coefficient (Wildman–Crippen LogP) is 1.51. The molecule has 9 heteroatoms. The number of halogens is 2. The monoisotopic (exact) mass is 338 g/mol. The van der Waals surface area contributed by atoms with E-state index in [2.05, 4.69) is 15.6 Å². The van der Waals surface area contributed by atoms with Crippen molar-refractivity contribution in [3.8, 4) is 0 Å². The van der Waals surface area contributed by atoms with Crippen LogP contribution in [0.2, 0.25) is 0 Å². The van der Waals surface area contributed by atoms with Gasteiger partial charge in [-0.15, -0.1) is 5.10 Å². The first-order valence-electron chi connectivity index (χ1n) is 7.22. The van der Waals surface area contributed by atoms with E-state index in [-0.39, 0.29) is 30.8 Å². The summed E-state index contributed by atoms with van der Waals surface area (Å²) in [6.07, 6.45) is 0.255. The molecule has 1 aromatic heterocycles. The highest BCUT2D eigenvalue weighted by Gasteiger charge is 2.17. The average Bonchev–Trinajstić information content (AvgIpc) is 2.87. The number of carboxylic acid groups (broad SMARTS) is 1. The summed E-state index contributed by atoms with van der Waals surface area (Å²) in [7, 11) is 0. The van der Waals surface area contributed by atoms with Gasteiger partial charge in [0, 0.05) is 24.6 Å². The summed E-state index contributed by atoms with van der Waals surface area (Å²) in [5.74, 6) is -2.80. The second kappa shape index (κ2) is 7.62. The quantitative estimate of drug-likeness (QED) is 0.746. The van der Waals surface area contributed by atoms with Crippen LogP contribution in [0.5, 0.6) is 0 Å². The lowest BCUT2D eigenvalue weighted by atomic mass is 10.2. The van der Waals surface area contributed by atoms with E-state index in [1.165, 1.54) is 10.7 Å². The van der Waals surface area contributed by atoms with Gasteiger partial charge in [-0.25, -0.2) is 13.5 Å². The average molecular weight is 338 g/mol. The van der Waals surface area contributed by atoms with E-state index >= 15 is 0 Å². The third-order valence-electron chi connectivity index (χ3n) is 3.39. The molecule has 7 nitrogen and oxygen atoms in total. The molecule has 2 aromatic rings. The minimum absolute atomic E-state index is 0.0112. The Hall–Kier alpha value is -2.84. The number of aliphatic carboxylic acids is 1. The van der Waals surface area contributed by atoms with Crippen molar-refractivity contribution in [2.24, 2.45) is 0 Å². The number of amides is 1. The van der Waals surface area contributed by atoms with Crippen molar-refractivity contribution in [1.82, 2.24) is 20.3 Å². The van der Waals surface area contributed by atoms with E-state index in [9.17, 15) is 18.4 Å². The molecule has 2 rings (SSSR count). The molecular weight excluding hydrogens is 322 g/mol. The Kier molecular flexibility index (Phi) is 5.56. The summed E-state index contributed by atoms with van der Waals surface area (Å²) in [4.78, 5) is 22.4. The van der Waals surface area contributed by atoms with E-state index in [0.29, 0.717) is 12.1 Å². The second-order valence-corrected chi connectivity index (χ2v) is 5.17. The minimum atomic E-state index is -0.937. The number of hydrogen-bond acceptors (Lipinski definition) is 4. The van der Waals surface area contributed by atoms with Crippen molar-refractivity contribution in [3.63, 3.8) is 0 Å². The zero-order chi connectivity index (χ0) is 17.7. The van der Waals surface area contributed by atoms with Gasteiger partial charge < -0.3 is 10.4 Å². The molecule has 0 saturated carbocycles. The fraction of sp³-hybridized carbons (Fsp3) is 0.333. The molecule has 1 aromatic carbocycles. The summed E-state index contributed by atoms with van der Waals surface area (Å²) in [5.41, 5.74) is 0.722. The number of benzene rings is 1. The van der Waals surface area contributed by atoms with Crippen LogP contribution in [0.25, 0.3) is 0 Å². The van der Waals surface area contributed by atoms with Gasteiger partial charge in [0.2, 0.25) is 0 Å². The highest BCUT2D eigenvalue weighted by Crippen LogP contribution is 2.13. The molecule has 0 aliphatic carbocycles. The van der Waals surface area contributed by atoms with Gasteiger partial charge in [0.1, 0.15) is 11.6 Å². The lowest BCUT2D eigenvalue weighted by molar-refractivity contribution is -0.137. The lowest BCUT2D eigenvalue weighted by Gasteiger charge is -2.06. The Balaban J connectivity index is 2.02. The van der Waals surface area contributed by atoms with Crippen molar-refractivity contribution >= 4 is 11.9 Å². The Bertz CT molecular complexity index is 761. The third kappa shape index (κ3) is 4.34. The van der Waals surface area contributed by atoms with Crippen LogP contribution in [-0.4, -0.2) is 38.5 Å².